The minimum Gasteiger partial charge on any atom is -0.478 e. The number of amides is 1. The van der Waals surface area contributed by atoms with Crippen molar-refractivity contribution in [3.8, 4) is 0 Å². The SMILES string of the molecule is Nc1cccc(C(=O)NCc2cccc(C(=O)O)c2)c1. The molecule has 0 radical (unpaired) electrons. The highest BCUT2D eigenvalue weighted by Gasteiger charge is 2.07. The number of carboxylic acids is 1. The Morgan fingerprint density at radius 1 is 1.05 bits per heavy atom. The molecule has 0 heterocycles. The zero-order valence-corrected chi connectivity index (χ0v) is 10.7. The molecule has 0 saturated heterocycles. The van der Waals surface area contributed by atoms with Crippen LogP contribution in [0.1, 0.15) is 26.3 Å². The van der Waals surface area contributed by atoms with Gasteiger partial charge in [-0.1, -0.05) is 18.2 Å². The van der Waals surface area contributed by atoms with Gasteiger partial charge in [0.1, 0.15) is 0 Å². The quantitative estimate of drug-likeness (QED) is 0.740. The van der Waals surface area contributed by atoms with Gasteiger partial charge < -0.3 is 16.2 Å². The second-order valence-electron chi connectivity index (χ2n) is 4.31. The summed E-state index contributed by atoms with van der Waals surface area (Å²) in [7, 11) is 0. The number of anilines is 1. The fourth-order valence-corrected chi connectivity index (χ4v) is 1.78. The van der Waals surface area contributed by atoms with Gasteiger partial charge in [0.15, 0.2) is 0 Å². The molecule has 0 spiro atoms. The van der Waals surface area contributed by atoms with Crippen molar-refractivity contribution in [2.24, 2.45) is 0 Å². The van der Waals surface area contributed by atoms with Gasteiger partial charge in [0.25, 0.3) is 5.91 Å². The fraction of sp³-hybridized carbons (Fsp3) is 0.0667. The number of rotatable bonds is 4. The van der Waals surface area contributed by atoms with E-state index in [9.17, 15) is 9.59 Å². The lowest BCUT2D eigenvalue weighted by Gasteiger charge is -2.06. The summed E-state index contributed by atoms with van der Waals surface area (Å²) in [4.78, 5) is 22.8. The first-order valence-corrected chi connectivity index (χ1v) is 6.02. The second-order valence-corrected chi connectivity index (χ2v) is 4.31. The zero-order valence-electron chi connectivity index (χ0n) is 10.7. The maximum atomic E-state index is 11.9. The van der Waals surface area contributed by atoms with Gasteiger partial charge in [0, 0.05) is 17.8 Å². The van der Waals surface area contributed by atoms with E-state index in [0.717, 1.165) is 5.56 Å². The molecule has 20 heavy (non-hydrogen) atoms. The summed E-state index contributed by atoms with van der Waals surface area (Å²) in [5.74, 6) is -1.24. The summed E-state index contributed by atoms with van der Waals surface area (Å²) < 4.78 is 0. The summed E-state index contributed by atoms with van der Waals surface area (Å²) in [5, 5.41) is 11.6. The summed E-state index contributed by atoms with van der Waals surface area (Å²) in [5.41, 5.74) is 7.52. The van der Waals surface area contributed by atoms with Gasteiger partial charge in [-0.15, -0.1) is 0 Å². The summed E-state index contributed by atoms with van der Waals surface area (Å²) in [6.07, 6.45) is 0. The first-order chi connectivity index (χ1) is 9.56. The monoisotopic (exact) mass is 270 g/mol. The molecule has 0 bridgehead atoms. The van der Waals surface area contributed by atoms with Gasteiger partial charge in [-0.05, 0) is 35.9 Å². The third-order valence-electron chi connectivity index (χ3n) is 2.78. The Hall–Kier alpha value is -2.82. The lowest BCUT2D eigenvalue weighted by atomic mass is 10.1. The molecule has 4 N–H and O–H groups in total. The average Bonchev–Trinajstić information content (AvgIpc) is 2.45. The predicted octanol–water partition coefficient (Wildman–Crippen LogP) is 1.90. The predicted molar refractivity (Wildman–Crippen MR) is 75.4 cm³/mol. The highest BCUT2D eigenvalue weighted by molar-refractivity contribution is 5.95. The average molecular weight is 270 g/mol. The number of hydrogen-bond acceptors (Lipinski definition) is 3. The Morgan fingerprint density at radius 3 is 2.45 bits per heavy atom. The van der Waals surface area contributed by atoms with Crippen molar-refractivity contribution in [1.29, 1.82) is 0 Å². The number of benzene rings is 2. The third-order valence-corrected chi connectivity index (χ3v) is 2.78. The van der Waals surface area contributed by atoms with Crippen LogP contribution in [-0.4, -0.2) is 17.0 Å². The second kappa shape index (κ2) is 5.88. The Labute approximate surface area is 116 Å². The number of nitrogens with one attached hydrogen (secondary N) is 1. The summed E-state index contributed by atoms with van der Waals surface area (Å²) in [6, 6.07) is 13.1. The largest absolute Gasteiger partial charge is 0.478 e. The molecule has 0 aliphatic rings. The number of hydrogen-bond donors (Lipinski definition) is 3. The Bertz CT molecular complexity index is 653. The molecule has 2 rings (SSSR count). The van der Waals surface area contributed by atoms with E-state index < -0.39 is 5.97 Å². The minimum absolute atomic E-state index is 0.195. The van der Waals surface area contributed by atoms with Crippen molar-refractivity contribution in [1.82, 2.24) is 5.32 Å². The minimum atomic E-state index is -0.992. The Morgan fingerprint density at radius 2 is 1.75 bits per heavy atom. The molecule has 102 valence electrons. The van der Waals surface area contributed by atoms with Crippen LogP contribution in [-0.2, 0) is 6.54 Å². The molecule has 0 fully saturated rings. The summed E-state index contributed by atoms with van der Waals surface area (Å²) >= 11 is 0. The zero-order chi connectivity index (χ0) is 14.5. The van der Waals surface area contributed by atoms with Crippen LogP contribution in [0.3, 0.4) is 0 Å². The smallest absolute Gasteiger partial charge is 0.335 e. The number of carboxylic acid groups (broad SMARTS) is 1. The number of nitrogens with two attached hydrogens (primary N) is 1. The van der Waals surface area contributed by atoms with E-state index in [-0.39, 0.29) is 18.0 Å². The van der Waals surface area contributed by atoms with Crippen molar-refractivity contribution in [3.05, 3.63) is 65.2 Å². The van der Waals surface area contributed by atoms with Crippen LogP contribution >= 0.6 is 0 Å². The van der Waals surface area contributed by atoms with Crippen molar-refractivity contribution < 1.29 is 14.7 Å². The van der Waals surface area contributed by atoms with Gasteiger partial charge in [-0.25, -0.2) is 4.79 Å². The highest BCUT2D eigenvalue weighted by atomic mass is 16.4. The molecular formula is C15H14N2O3. The molecule has 0 unspecified atom stereocenters. The number of carbonyl (C=O) groups is 2. The molecule has 1 amide bonds. The van der Waals surface area contributed by atoms with Crippen LogP contribution in [0.5, 0.6) is 0 Å². The van der Waals surface area contributed by atoms with Crippen molar-refractivity contribution >= 4 is 17.6 Å². The standard InChI is InChI=1S/C15H14N2O3/c16-13-6-2-4-11(8-13)14(18)17-9-10-3-1-5-12(7-10)15(19)20/h1-8H,9,16H2,(H,17,18)(H,19,20). The van der Waals surface area contributed by atoms with E-state index in [2.05, 4.69) is 5.32 Å². The molecule has 0 saturated carbocycles. The van der Waals surface area contributed by atoms with Crippen LogP contribution in [0.4, 0.5) is 5.69 Å². The molecule has 0 aliphatic heterocycles. The van der Waals surface area contributed by atoms with Crippen LogP contribution in [0.2, 0.25) is 0 Å². The van der Waals surface area contributed by atoms with E-state index in [1.165, 1.54) is 12.1 Å². The molecule has 0 aromatic heterocycles. The van der Waals surface area contributed by atoms with Gasteiger partial charge in [0.2, 0.25) is 0 Å². The van der Waals surface area contributed by atoms with Gasteiger partial charge in [0.05, 0.1) is 5.56 Å². The number of nitrogen functional groups attached to an aromatic ring is 1. The molecule has 0 aliphatic carbocycles. The van der Waals surface area contributed by atoms with E-state index in [1.54, 1.807) is 36.4 Å². The topological polar surface area (TPSA) is 92.4 Å². The van der Waals surface area contributed by atoms with Crippen LogP contribution in [0.25, 0.3) is 0 Å². The van der Waals surface area contributed by atoms with Crippen molar-refractivity contribution in [2.45, 2.75) is 6.54 Å². The number of aromatic carboxylic acids is 1. The van der Waals surface area contributed by atoms with Gasteiger partial charge in [-0.3, -0.25) is 4.79 Å². The molecule has 5 heteroatoms. The highest BCUT2D eigenvalue weighted by Crippen LogP contribution is 2.08. The van der Waals surface area contributed by atoms with Gasteiger partial charge in [-0.2, -0.15) is 0 Å². The van der Waals surface area contributed by atoms with Crippen molar-refractivity contribution in [3.63, 3.8) is 0 Å². The van der Waals surface area contributed by atoms with Crippen LogP contribution in [0.15, 0.2) is 48.5 Å². The third kappa shape index (κ3) is 3.35. The molecule has 2 aromatic carbocycles. The maximum Gasteiger partial charge on any atom is 0.335 e. The van der Waals surface area contributed by atoms with Crippen LogP contribution < -0.4 is 11.1 Å². The molecule has 5 nitrogen and oxygen atoms in total. The summed E-state index contributed by atoms with van der Waals surface area (Å²) in [6.45, 7) is 0.259. The fourth-order valence-electron chi connectivity index (χ4n) is 1.78. The molecule has 2 aromatic rings. The van der Waals surface area contributed by atoms with E-state index >= 15 is 0 Å². The lowest BCUT2D eigenvalue weighted by Crippen LogP contribution is -2.23. The van der Waals surface area contributed by atoms with Crippen molar-refractivity contribution in [2.75, 3.05) is 5.73 Å². The van der Waals surface area contributed by atoms with Crippen LogP contribution in [0, 0.1) is 0 Å². The van der Waals surface area contributed by atoms with E-state index in [1.807, 2.05) is 0 Å². The first-order valence-electron chi connectivity index (χ1n) is 6.02. The van der Waals surface area contributed by atoms with Gasteiger partial charge >= 0.3 is 5.97 Å². The lowest BCUT2D eigenvalue weighted by molar-refractivity contribution is 0.0696. The van der Waals surface area contributed by atoms with E-state index in [4.69, 9.17) is 10.8 Å². The normalized spacial score (nSPS) is 10.0. The maximum absolute atomic E-state index is 11.9. The Balaban J connectivity index is 2.03. The first kappa shape index (κ1) is 13.6. The molecular weight excluding hydrogens is 256 g/mol. The Kier molecular flexibility index (Phi) is 4.00. The van der Waals surface area contributed by atoms with E-state index in [0.29, 0.717) is 11.3 Å². The molecule has 0 atom stereocenters. The number of carbonyl (C=O) groups excluding carboxylic acids is 1.